The number of hydrogen-bond donors (Lipinski definition) is 2. The van der Waals surface area contributed by atoms with Crippen LogP contribution in [-0.2, 0) is 0 Å². The smallest absolute Gasteiger partial charge is 0.134 e. The highest BCUT2D eigenvalue weighted by Crippen LogP contribution is 2.28. The van der Waals surface area contributed by atoms with E-state index < -0.39 is 23.5 Å². The molecule has 2 aromatic rings. The highest BCUT2D eigenvalue weighted by atomic mass is 19.1. The molecule has 1 unspecified atom stereocenters. The average molecular weight is 267 g/mol. The van der Waals surface area contributed by atoms with Crippen molar-refractivity contribution >= 4 is 0 Å². The fraction of sp³-hybridized carbons (Fsp3) is 0.154. The molecule has 0 saturated carbocycles. The maximum absolute atomic E-state index is 13.8. The number of aromatic nitrogens is 1. The Kier molecular flexibility index (Phi) is 3.82. The molecule has 3 nitrogen and oxygen atoms in total. The van der Waals surface area contributed by atoms with Gasteiger partial charge in [0.25, 0.3) is 0 Å². The van der Waals surface area contributed by atoms with Crippen LogP contribution in [0.4, 0.5) is 13.2 Å². The summed E-state index contributed by atoms with van der Waals surface area (Å²) in [5, 5.41) is 0. The summed E-state index contributed by atoms with van der Waals surface area (Å²) >= 11 is 0. The standard InChI is InChI=1S/C13H12F3N3/c1-7-2-3-18-6-9(7)13(19-17)12-10(15)4-8(14)5-11(12)16/h2-6,13,19H,17H2,1H3. The summed E-state index contributed by atoms with van der Waals surface area (Å²) in [6, 6.07) is 2.00. The number of nitrogens with two attached hydrogens (primary N) is 1. The molecular weight excluding hydrogens is 255 g/mol. The molecule has 19 heavy (non-hydrogen) atoms. The number of nitrogens with one attached hydrogen (secondary N) is 1. The number of halogens is 3. The second-order valence-corrected chi connectivity index (χ2v) is 4.12. The Hall–Kier alpha value is -1.92. The van der Waals surface area contributed by atoms with Crippen LogP contribution in [0.5, 0.6) is 0 Å². The predicted molar refractivity (Wildman–Crippen MR) is 64.5 cm³/mol. The lowest BCUT2D eigenvalue weighted by Crippen LogP contribution is -2.31. The second kappa shape index (κ2) is 5.38. The van der Waals surface area contributed by atoms with Gasteiger partial charge in [0.05, 0.1) is 6.04 Å². The molecule has 0 bridgehead atoms. The zero-order valence-electron chi connectivity index (χ0n) is 10.1. The van der Waals surface area contributed by atoms with Crippen molar-refractivity contribution in [1.82, 2.24) is 10.4 Å². The number of rotatable bonds is 3. The summed E-state index contributed by atoms with van der Waals surface area (Å²) in [6.07, 6.45) is 3.02. The number of hydrazine groups is 1. The van der Waals surface area contributed by atoms with Crippen molar-refractivity contribution in [1.29, 1.82) is 0 Å². The van der Waals surface area contributed by atoms with E-state index in [9.17, 15) is 13.2 Å². The van der Waals surface area contributed by atoms with Crippen LogP contribution in [0.15, 0.2) is 30.6 Å². The zero-order valence-corrected chi connectivity index (χ0v) is 10.1. The van der Waals surface area contributed by atoms with Crippen LogP contribution in [0.3, 0.4) is 0 Å². The van der Waals surface area contributed by atoms with Crippen molar-refractivity contribution in [3.05, 3.63) is 64.7 Å². The van der Waals surface area contributed by atoms with Crippen molar-refractivity contribution in [2.45, 2.75) is 13.0 Å². The molecule has 1 atom stereocenters. The van der Waals surface area contributed by atoms with E-state index in [4.69, 9.17) is 5.84 Å². The summed E-state index contributed by atoms with van der Waals surface area (Å²) in [5.74, 6) is 2.41. The molecule has 1 heterocycles. The van der Waals surface area contributed by atoms with Crippen molar-refractivity contribution in [2.75, 3.05) is 0 Å². The van der Waals surface area contributed by atoms with Gasteiger partial charge in [0.1, 0.15) is 17.5 Å². The third-order valence-electron chi connectivity index (χ3n) is 2.89. The lowest BCUT2D eigenvalue weighted by Gasteiger charge is -2.19. The average Bonchev–Trinajstić information content (AvgIpc) is 2.34. The monoisotopic (exact) mass is 267 g/mol. The molecule has 0 aliphatic heterocycles. The van der Waals surface area contributed by atoms with E-state index in [2.05, 4.69) is 10.4 Å². The largest absolute Gasteiger partial charge is 0.271 e. The Morgan fingerprint density at radius 2 is 1.84 bits per heavy atom. The number of hydrogen-bond acceptors (Lipinski definition) is 3. The van der Waals surface area contributed by atoms with E-state index in [1.165, 1.54) is 6.20 Å². The van der Waals surface area contributed by atoms with Crippen LogP contribution in [0, 0.1) is 24.4 Å². The van der Waals surface area contributed by atoms with Crippen LogP contribution >= 0.6 is 0 Å². The fourth-order valence-electron chi connectivity index (χ4n) is 1.94. The second-order valence-electron chi connectivity index (χ2n) is 4.12. The third-order valence-corrected chi connectivity index (χ3v) is 2.89. The number of nitrogens with zero attached hydrogens (tertiary/aromatic N) is 1. The first-order chi connectivity index (χ1) is 9.04. The van der Waals surface area contributed by atoms with E-state index in [1.807, 2.05) is 0 Å². The first kappa shape index (κ1) is 13.5. The molecule has 100 valence electrons. The fourth-order valence-corrected chi connectivity index (χ4v) is 1.94. The Morgan fingerprint density at radius 1 is 1.21 bits per heavy atom. The molecule has 0 aliphatic rings. The summed E-state index contributed by atoms with van der Waals surface area (Å²) in [6.45, 7) is 1.76. The Bertz CT molecular complexity index is 578. The molecule has 3 N–H and O–H groups in total. The van der Waals surface area contributed by atoms with E-state index >= 15 is 0 Å². The van der Waals surface area contributed by atoms with Crippen LogP contribution in [0.25, 0.3) is 0 Å². The van der Waals surface area contributed by atoms with Crippen molar-refractivity contribution in [3.8, 4) is 0 Å². The maximum Gasteiger partial charge on any atom is 0.134 e. The van der Waals surface area contributed by atoms with Gasteiger partial charge in [0.15, 0.2) is 0 Å². The lowest BCUT2D eigenvalue weighted by molar-refractivity contribution is 0.491. The van der Waals surface area contributed by atoms with E-state index in [0.717, 1.165) is 5.56 Å². The van der Waals surface area contributed by atoms with E-state index in [0.29, 0.717) is 17.7 Å². The summed E-state index contributed by atoms with van der Waals surface area (Å²) in [5.41, 5.74) is 3.29. The number of pyridine rings is 1. The highest BCUT2D eigenvalue weighted by molar-refractivity contribution is 5.36. The highest BCUT2D eigenvalue weighted by Gasteiger charge is 2.23. The molecule has 6 heteroatoms. The molecule has 0 saturated heterocycles. The van der Waals surface area contributed by atoms with Gasteiger partial charge in [0.2, 0.25) is 0 Å². The van der Waals surface area contributed by atoms with Gasteiger partial charge in [-0.3, -0.25) is 10.8 Å². The van der Waals surface area contributed by atoms with Crippen molar-refractivity contribution < 1.29 is 13.2 Å². The minimum absolute atomic E-state index is 0.333. The van der Waals surface area contributed by atoms with Crippen LogP contribution in [0.2, 0.25) is 0 Å². The summed E-state index contributed by atoms with van der Waals surface area (Å²) in [7, 11) is 0. The number of benzene rings is 1. The quantitative estimate of drug-likeness (QED) is 0.663. The molecule has 1 aromatic heterocycles. The molecule has 0 radical (unpaired) electrons. The summed E-state index contributed by atoms with van der Waals surface area (Å²) < 4.78 is 40.5. The first-order valence-electron chi connectivity index (χ1n) is 5.55. The van der Waals surface area contributed by atoms with Crippen LogP contribution < -0.4 is 11.3 Å². The van der Waals surface area contributed by atoms with Gasteiger partial charge < -0.3 is 0 Å². The SMILES string of the molecule is Cc1ccncc1C(NN)c1c(F)cc(F)cc1F. The normalized spacial score (nSPS) is 12.5. The van der Waals surface area contributed by atoms with Crippen LogP contribution in [-0.4, -0.2) is 4.98 Å². The van der Waals surface area contributed by atoms with Crippen LogP contribution in [0.1, 0.15) is 22.7 Å². The molecule has 2 rings (SSSR count). The van der Waals surface area contributed by atoms with Crippen molar-refractivity contribution in [2.24, 2.45) is 5.84 Å². The van der Waals surface area contributed by atoms with E-state index in [1.54, 1.807) is 19.2 Å². The maximum atomic E-state index is 13.8. The molecule has 0 aliphatic carbocycles. The molecule has 0 fully saturated rings. The Balaban J connectivity index is 2.58. The van der Waals surface area contributed by atoms with Gasteiger partial charge in [-0.05, 0) is 24.1 Å². The van der Waals surface area contributed by atoms with Gasteiger partial charge in [-0.2, -0.15) is 0 Å². The molecule has 1 aromatic carbocycles. The topological polar surface area (TPSA) is 50.9 Å². The van der Waals surface area contributed by atoms with Gasteiger partial charge in [-0.1, -0.05) is 0 Å². The Labute approximate surface area is 108 Å². The minimum atomic E-state index is -0.997. The lowest BCUT2D eigenvalue weighted by atomic mass is 9.96. The third kappa shape index (κ3) is 2.59. The predicted octanol–water partition coefficient (Wildman–Crippen LogP) is 2.36. The van der Waals surface area contributed by atoms with Gasteiger partial charge in [-0.15, -0.1) is 0 Å². The van der Waals surface area contributed by atoms with Gasteiger partial charge in [-0.25, -0.2) is 18.6 Å². The zero-order chi connectivity index (χ0) is 14.0. The molecule has 0 spiro atoms. The van der Waals surface area contributed by atoms with Gasteiger partial charge >= 0.3 is 0 Å². The Morgan fingerprint density at radius 3 is 2.37 bits per heavy atom. The molecular formula is C13H12F3N3. The van der Waals surface area contributed by atoms with Gasteiger partial charge in [0, 0.05) is 30.1 Å². The molecule has 0 amide bonds. The first-order valence-corrected chi connectivity index (χ1v) is 5.55. The van der Waals surface area contributed by atoms with Crippen molar-refractivity contribution in [3.63, 3.8) is 0 Å². The van der Waals surface area contributed by atoms with E-state index in [-0.39, 0.29) is 5.56 Å². The minimum Gasteiger partial charge on any atom is -0.271 e. The summed E-state index contributed by atoms with van der Waals surface area (Å²) in [4.78, 5) is 3.90. The number of aryl methyl sites for hydroxylation is 1.